The van der Waals surface area contributed by atoms with Crippen LogP contribution in [-0.2, 0) is 16.6 Å². The van der Waals surface area contributed by atoms with Gasteiger partial charge in [-0.05, 0) is 55.3 Å². The molecule has 0 bridgehead atoms. The van der Waals surface area contributed by atoms with E-state index in [0.717, 1.165) is 18.5 Å². The molecule has 0 radical (unpaired) electrons. The monoisotopic (exact) mass is 359 g/mol. The Morgan fingerprint density at radius 1 is 1.28 bits per heavy atom. The summed E-state index contributed by atoms with van der Waals surface area (Å²) in [6, 6.07) is 10.1. The smallest absolute Gasteiger partial charge is 0.262 e. The molecular formula is C17H17N3O4S. The van der Waals surface area contributed by atoms with Crippen LogP contribution < -0.4 is 9.46 Å². The summed E-state index contributed by atoms with van der Waals surface area (Å²) in [5, 5.41) is 4.39. The van der Waals surface area contributed by atoms with Crippen LogP contribution in [0.2, 0.25) is 0 Å². The first kappa shape index (κ1) is 16.0. The lowest BCUT2D eigenvalue weighted by molar-refractivity contribution is 0.270. The van der Waals surface area contributed by atoms with Crippen LogP contribution in [0.25, 0.3) is 11.0 Å². The molecule has 4 rings (SSSR count). The van der Waals surface area contributed by atoms with Crippen molar-refractivity contribution in [3.63, 3.8) is 0 Å². The second-order valence-corrected chi connectivity index (χ2v) is 8.10. The zero-order chi connectivity index (χ0) is 17.5. The molecule has 1 aliphatic rings. The van der Waals surface area contributed by atoms with E-state index in [4.69, 9.17) is 9.26 Å². The molecule has 1 N–H and O–H groups in total. The predicted molar refractivity (Wildman–Crippen MR) is 90.5 cm³/mol. The Morgan fingerprint density at radius 3 is 2.84 bits per heavy atom. The summed E-state index contributed by atoms with van der Waals surface area (Å²) in [6.07, 6.45) is 3.37. The molecule has 2 heterocycles. The fourth-order valence-corrected chi connectivity index (χ4v) is 3.96. The minimum Gasteiger partial charge on any atom is -0.469 e. The molecule has 1 aliphatic carbocycles. The highest BCUT2D eigenvalue weighted by atomic mass is 32.2. The van der Waals surface area contributed by atoms with Crippen molar-refractivity contribution in [3.8, 4) is 5.88 Å². The number of ether oxygens (including phenoxy) is 1. The number of pyridine rings is 1. The van der Waals surface area contributed by atoms with Crippen molar-refractivity contribution in [3.05, 3.63) is 48.3 Å². The van der Waals surface area contributed by atoms with Gasteiger partial charge in [0.25, 0.3) is 5.88 Å². The summed E-state index contributed by atoms with van der Waals surface area (Å²) in [6.45, 7) is 2.11. The van der Waals surface area contributed by atoms with E-state index < -0.39 is 10.0 Å². The van der Waals surface area contributed by atoms with Crippen molar-refractivity contribution >= 4 is 21.0 Å². The lowest BCUT2D eigenvalue weighted by Crippen LogP contribution is -2.34. The van der Waals surface area contributed by atoms with Gasteiger partial charge >= 0.3 is 0 Å². The largest absolute Gasteiger partial charge is 0.469 e. The predicted octanol–water partition coefficient (Wildman–Crippen LogP) is 2.63. The Morgan fingerprint density at radius 2 is 2.12 bits per heavy atom. The van der Waals surface area contributed by atoms with Crippen LogP contribution in [0.3, 0.4) is 0 Å². The van der Waals surface area contributed by atoms with Crippen LogP contribution in [0.1, 0.15) is 25.5 Å². The number of nitrogens with one attached hydrogen (secondary N) is 1. The van der Waals surface area contributed by atoms with Gasteiger partial charge in [-0.15, -0.1) is 0 Å². The third kappa shape index (κ3) is 3.35. The summed E-state index contributed by atoms with van der Waals surface area (Å²) >= 11 is 0. The van der Waals surface area contributed by atoms with Crippen molar-refractivity contribution in [2.75, 3.05) is 0 Å². The summed E-state index contributed by atoms with van der Waals surface area (Å²) in [5.41, 5.74) is 0.874. The van der Waals surface area contributed by atoms with Crippen molar-refractivity contribution in [2.24, 2.45) is 0 Å². The van der Waals surface area contributed by atoms with Crippen LogP contribution in [0.5, 0.6) is 5.88 Å². The molecule has 1 saturated carbocycles. The Labute approximate surface area is 145 Å². The molecule has 0 unspecified atom stereocenters. The zero-order valence-electron chi connectivity index (χ0n) is 13.6. The molecule has 0 atom stereocenters. The van der Waals surface area contributed by atoms with Crippen molar-refractivity contribution in [1.29, 1.82) is 0 Å². The Hall–Kier alpha value is -2.45. The first-order valence-corrected chi connectivity index (χ1v) is 9.40. The Balaban J connectivity index is 1.61. The van der Waals surface area contributed by atoms with E-state index in [1.807, 2.05) is 25.1 Å². The number of nitrogens with zero attached hydrogens (tertiary/aromatic N) is 2. The minimum atomic E-state index is -3.60. The number of sulfonamides is 1. The summed E-state index contributed by atoms with van der Waals surface area (Å²) in [4.78, 5) is 4.34. The zero-order valence-corrected chi connectivity index (χ0v) is 14.4. The molecule has 1 fully saturated rings. The second kappa shape index (κ2) is 5.82. The maximum absolute atomic E-state index is 12.5. The molecule has 7 nitrogen and oxygen atoms in total. The Kier molecular flexibility index (Phi) is 3.73. The molecule has 3 aromatic rings. The lowest BCUT2D eigenvalue weighted by atomic mass is 10.2. The molecule has 25 heavy (non-hydrogen) atoms. The van der Waals surface area contributed by atoms with Crippen LogP contribution in [0.4, 0.5) is 0 Å². The van der Waals surface area contributed by atoms with Gasteiger partial charge in [0.15, 0.2) is 5.58 Å². The van der Waals surface area contributed by atoms with Crippen LogP contribution >= 0.6 is 0 Å². The molecule has 8 heteroatoms. The van der Waals surface area contributed by atoms with Gasteiger partial charge in [0, 0.05) is 11.7 Å². The first-order valence-electron chi connectivity index (χ1n) is 7.91. The third-order valence-corrected chi connectivity index (χ3v) is 5.82. The quantitative estimate of drug-likeness (QED) is 0.727. The summed E-state index contributed by atoms with van der Waals surface area (Å²) in [5.74, 6) is 0.246. The van der Waals surface area contributed by atoms with Crippen molar-refractivity contribution in [2.45, 2.75) is 36.8 Å². The number of hydrogen-bond acceptors (Lipinski definition) is 6. The van der Waals surface area contributed by atoms with Crippen LogP contribution in [-0.4, -0.2) is 24.1 Å². The fourth-order valence-electron chi connectivity index (χ4n) is 2.47. The number of aromatic nitrogens is 2. The van der Waals surface area contributed by atoms with E-state index in [-0.39, 0.29) is 22.9 Å². The molecule has 2 aromatic heterocycles. The summed E-state index contributed by atoms with van der Waals surface area (Å²) < 4.78 is 38.6. The SMILES string of the molecule is CC1(NS(=O)(=O)c2ccc3onc(OCc4ccccn4)c3c2)CC1. The van der Waals surface area contributed by atoms with Gasteiger partial charge in [-0.2, -0.15) is 0 Å². The highest BCUT2D eigenvalue weighted by Crippen LogP contribution is 2.36. The van der Waals surface area contributed by atoms with Crippen molar-refractivity contribution in [1.82, 2.24) is 14.9 Å². The summed E-state index contributed by atoms with van der Waals surface area (Å²) in [7, 11) is -3.60. The lowest BCUT2D eigenvalue weighted by Gasteiger charge is -2.12. The average molecular weight is 359 g/mol. The maximum Gasteiger partial charge on any atom is 0.262 e. The van der Waals surface area contributed by atoms with Gasteiger partial charge in [-0.1, -0.05) is 6.07 Å². The van der Waals surface area contributed by atoms with Gasteiger partial charge in [0.1, 0.15) is 6.61 Å². The van der Waals surface area contributed by atoms with Crippen molar-refractivity contribution < 1.29 is 17.7 Å². The average Bonchev–Trinajstić information content (AvgIpc) is 3.17. The molecule has 0 spiro atoms. The third-order valence-electron chi connectivity index (χ3n) is 4.18. The van der Waals surface area contributed by atoms with Crippen LogP contribution in [0, 0.1) is 0 Å². The van der Waals surface area contributed by atoms with Gasteiger partial charge in [-0.25, -0.2) is 13.1 Å². The number of benzene rings is 1. The van der Waals surface area contributed by atoms with Gasteiger partial charge in [-0.3, -0.25) is 4.98 Å². The second-order valence-electron chi connectivity index (χ2n) is 6.42. The molecule has 0 aliphatic heterocycles. The topological polar surface area (TPSA) is 94.3 Å². The molecule has 1 aromatic carbocycles. The van der Waals surface area contributed by atoms with E-state index in [1.165, 1.54) is 12.1 Å². The van der Waals surface area contributed by atoms with Gasteiger partial charge in [0.2, 0.25) is 10.0 Å². The van der Waals surface area contributed by atoms with Crippen LogP contribution in [0.15, 0.2) is 52.0 Å². The number of hydrogen-bond donors (Lipinski definition) is 1. The highest BCUT2D eigenvalue weighted by molar-refractivity contribution is 7.89. The van der Waals surface area contributed by atoms with E-state index in [1.54, 1.807) is 12.3 Å². The maximum atomic E-state index is 12.5. The molecule has 130 valence electrons. The molecule has 0 amide bonds. The first-order chi connectivity index (χ1) is 12.0. The van der Waals surface area contributed by atoms with Gasteiger partial charge in [0.05, 0.1) is 16.0 Å². The fraction of sp³-hybridized carbons (Fsp3) is 0.294. The van der Waals surface area contributed by atoms with E-state index >= 15 is 0 Å². The van der Waals surface area contributed by atoms with E-state index in [9.17, 15) is 8.42 Å². The normalized spacial score (nSPS) is 16.0. The standard InChI is InChI=1S/C17H17N3O4S/c1-17(7-8-17)20-25(21,22)13-5-6-15-14(10-13)16(19-24-15)23-11-12-4-2-3-9-18-12/h2-6,9-10,20H,7-8,11H2,1H3. The van der Waals surface area contributed by atoms with E-state index in [0.29, 0.717) is 11.0 Å². The minimum absolute atomic E-state index is 0.166. The number of rotatable bonds is 6. The Bertz CT molecular complexity index is 1010. The van der Waals surface area contributed by atoms with Gasteiger partial charge < -0.3 is 9.26 Å². The molecule has 0 saturated heterocycles. The van der Waals surface area contributed by atoms with E-state index in [2.05, 4.69) is 14.9 Å². The molecular weight excluding hydrogens is 342 g/mol. The highest BCUT2D eigenvalue weighted by Gasteiger charge is 2.41. The number of fused-ring (bicyclic) bond motifs is 1.